The quantitative estimate of drug-likeness (QED) is 0.546. The van der Waals surface area contributed by atoms with Crippen LogP contribution < -0.4 is 0 Å². The van der Waals surface area contributed by atoms with Crippen molar-refractivity contribution < 1.29 is 4.39 Å². The molecule has 130 valence electrons. The number of rotatable bonds is 6. The minimum absolute atomic E-state index is 0.211. The van der Waals surface area contributed by atoms with E-state index in [9.17, 15) is 4.39 Å². The van der Waals surface area contributed by atoms with Crippen LogP contribution in [0.5, 0.6) is 0 Å². The molecular formula is C20H22FN3S. The maximum Gasteiger partial charge on any atom is 0.191 e. The van der Waals surface area contributed by atoms with Gasteiger partial charge in [-0.2, -0.15) is 0 Å². The van der Waals surface area contributed by atoms with E-state index in [-0.39, 0.29) is 5.82 Å². The summed E-state index contributed by atoms with van der Waals surface area (Å²) in [6, 6.07) is 15.1. The summed E-state index contributed by atoms with van der Waals surface area (Å²) < 4.78 is 15.1. The molecule has 3 nitrogen and oxygen atoms in total. The van der Waals surface area contributed by atoms with E-state index in [1.54, 1.807) is 23.9 Å². The van der Waals surface area contributed by atoms with Crippen LogP contribution in [0.2, 0.25) is 0 Å². The summed E-state index contributed by atoms with van der Waals surface area (Å²) in [5.41, 5.74) is 3.46. The second-order valence-electron chi connectivity index (χ2n) is 6.24. The third-order valence-electron chi connectivity index (χ3n) is 4.15. The highest BCUT2D eigenvalue weighted by Crippen LogP contribution is 2.27. The molecule has 1 heterocycles. The predicted octanol–water partition coefficient (Wildman–Crippen LogP) is 5.52. The van der Waals surface area contributed by atoms with Gasteiger partial charge in [-0.3, -0.25) is 0 Å². The molecule has 0 atom stereocenters. The summed E-state index contributed by atoms with van der Waals surface area (Å²) in [5.74, 6) is 1.93. The van der Waals surface area contributed by atoms with Gasteiger partial charge in [0.15, 0.2) is 11.0 Å². The number of halogens is 1. The Hall–Kier alpha value is -2.14. The Morgan fingerprint density at radius 3 is 2.28 bits per heavy atom. The lowest BCUT2D eigenvalue weighted by molar-refractivity contribution is 0.627. The summed E-state index contributed by atoms with van der Waals surface area (Å²) in [7, 11) is 0. The molecule has 3 aromatic rings. The lowest BCUT2D eigenvalue weighted by Crippen LogP contribution is -2.00. The van der Waals surface area contributed by atoms with Crippen LogP contribution in [0.4, 0.5) is 4.39 Å². The fourth-order valence-electron chi connectivity index (χ4n) is 2.64. The van der Waals surface area contributed by atoms with Crippen LogP contribution in [0.3, 0.4) is 0 Å². The third-order valence-corrected chi connectivity index (χ3v) is 5.19. The second kappa shape index (κ2) is 7.83. The van der Waals surface area contributed by atoms with Crippen molar-refractivity contribution in [2.45, 2.75) is 44.1 Å². The van der Waals surface area contributed by atoms with Crippen molar-refractivity contribution in [3.05, 3.63) is 65.5 Å². The Kier molecular flexibility index (Phi) is 5.53. The van der Waals surface area contributed by atoms with Gasteiger partial charge in [0.2, 0.25) is 0 Å². The van der Waals surface area contributed by atoms with Gasteiger partial charge < -0.3 is 4.57 Å². The van der Waals surface area contributed by atoms with Gasteiger partial charge in [0.05, 0.1) is 0 Å². The Labute approximate surface area is 152 Å². The molecule has 0 saturated heterocycles. The molecule has 5 heteroatoms. The SMILES string of the molecule is CCn1c(SCc2ccc(F)cc2)nnc1-c1ccc(C(C)C)cc1. The van der Waals surface area contributed by atoms with E-state index in [1.807, 2.05) is 0 Å². The molecule has 0 saturated carbocycles. The van der Waals surface area contributed by atoms with Crippen LogP contribution in [0.1, 0.15) is 37.8 Å². The second-order valence-corrected chi connectivity index (χ2v) is 7.18. The van der Waals surface area contributed by atoms with Crippen LogP contribution >= 0.6 is 11.8 Å². The maximum atomic E-state index is 13.0. The first-order valence-electron chi connectivity index (χ1n) is 8.49. The molecule has 0 spiro atoms. The number of nitrogens with zero attached hydrogens (tertiary/aromatic N) is 3. The zero-order valence-corrected chi connectivity index (χ0v) is 15.6. The number of hydrogen-bond donors (Lipinski definition) is 0. The molecule has 0 N–H and O–H groups in total. The Morgan fingerprint density at radius 1 is 1.00 bits per heavy atom. The predicted molar refractivity (Wildman–Crippen MR) is 101 cm³/mol. The van der Waals surface area contributed by atoms with Gasteiger partial charge in [-0.15, -0.1) is 10.2 Å². The highest BCUT2D eigenvalue weighted by atomic mass is 32.2. The zero-order chi connectivity index (χ0) is 17.8. The normalized spacial score (nSPS) is 11.2. The Balaban J connectivity index is 1.79. The lowest BCUT2D eigenvalue weighted by Gasteiger charge is -2.09. The van der Waals surface area contributed by atoms with Crippen molar-refractivity contribution in [2.75, 3.05) is 0 Å². The van der Waals surface area contributed by atoms with E-state index < -0.39 is 0 Å². The molecule has 0 unspecified atom stereocenters. The van der Waals surface area contributed by atoms with E-state index >= 15 is 0 Å². The summed E-state index contributed by atoms with van der Waals surface area (Å²) in [6.45, 7) is 7.28. The molecule has 0 aliphatic rings. The van der Waals surface area contributed by atoms with E-state index in [4.69, 9.17) is 0 Å². The van der Waals surface area contributed by atoms with Gasteiger partial charge in [-0.1, -0.05) is 62.0 Å². The largest absolute Gasteiger partial charge is 0.302 e. The molecule has 0 aliphatic heterocycles. The third kappa shape index (κ3) is 4.10. The lowest BCUT2D eigenvalue weighted by atomic mass is 10.0. The molecule has 1 aromatic heterocycles. The monoisotopic (exact) mass is 355 g/mol. The maximum absolute atomic E-state index is 13.0. The Bertz CT molecular complexity index is 823. The molecule has 0 amide bonds. The Morgan fingerprint density at radius 2 is 1.68 bits per heavy atom. The summed E-state index contributed by atoms with van der Waals surface area (Å²) >= 11 is 1.62. The average molecular weight is 355 g/mol. The van der Waals surface area contributed by atoms with Gasteiger partial charge in [-0.25, -0.2) is 4.39 Å². The summed E-state index contributed by atoms with van der Waals surface area (Å²) in [6.07, 6.45) is 0. The molecule has 3 rings (SSSR count). The smallest absolute Gasteiger partial charge is 0.191 e. The van der Waals surface area contributed by atoms with E-state index in [1.165, 1.54) is 17.7 Å². The minimum atomic E-state index is -0.211. The standard InChI is InChI=1S/C20H22FN3S/c1-4-24-19(17-9-7-16(8-10-17)14(2)3)22-23-20(24)25-13-15-5-11-18(21)12-6-15/h5-12,14H,4,13H2,1-3H3. The van der Waals surface area contributed by atoms with Crippen molar-refractivity contribution >= 4 is 11.8 Å². The molecule has 0 radical (unpaired) electrons. The van der Waals surface area contributed by atoms with Gasteiger partial charge in [0.1, 0.15) is 5.82 Å². The van der Waals surface area contributed by atoms with Crippen molar-refractivity contribution in [3.8, 4) is 11.4 Å². The van der Waals surface area contributed by atoms with E-state index in [0.717, 1.165) is 34.4 Å². The number of aromatic nitrogens is 3. The summed E-state index contributed by atoms with van der Waals surface area (Å²) in [5, 5.41) is 9.63. The van der Waals surface area contributed by atoms with Gasteiger partial charge in [0, 0.05) is 17.9 Å². The minimum Gasteiger partial charge on any atom is -0.302 e. The van der Waals surface area contributed by atoms with Crippen LogP contribution in [-0.2, 0) is 12.3 Å². The average Bonchev–Trinajstić information content (AvgIpc) is 3.04. The van der Waals surface area contributed by atoms with Crippen molar-refractivity contribution in [1.82, 2.24) is 14.8 Å². The molecule has 0 fully saturated rings. The number of hydrogen-bond acceptors (Lipinski definition) is 3. The van der Waals surface area contributed by atoms with Crippen molar-refractivity contribution in [2.24, 2.45) is 0 Å². The highest BCUT2D eigenvalue weighted by molar-refractivity contribution is 7.98. The molecule has 25 heavy (non-hydrogen) atoms. The van der Waals surface area contributed by atoms with Crippen LogP contribution in [0.15, 0.2) is 53.7 Å². The molecule has 2 aromatic carbocycles. The number of benzene rings is 2. The summed E-state index contributed by atoms with van der Waals surface area (Å²) in [4.78, 5) is 0. The number of thioether (sulfide) groups is 1. The molecule has 0 bridgehead atoms. The fraction of sp³-hybridized carbons (Fsp3) is 0.300. The first-order chi connectivity index (χ1) is 12.1. The highest BCUT2D eigenvalue weighted by Gasteiger charge is 2.13. The molecule has 0 aliphatic carbocycles. The zero-order valence-electron chi connectivity index (χ0n) is 14.7. The van der Waals surface area contributed by atoms with Crippen molar-refractivity contribution in [3.63, 3.8) is 0 Å². The van der Waals surface area contributed by atoms with Crippen LogP contribution in [-0.4, -0.2) is 14.8 Å². The van der Waals surface area contributed by atoms with E-state index in [2.05, 4.69) is 59.8 Å². The van der Waals surface area contributed by atoms with Gasteiger partial charge in [-0.05, 0) is 36.1 Å². The van der Waals surface area contributed by atoms with Gasteiger partial charge >= 0.3 is 0 Å². The first-order valence-corrected chi connectivity index (χ1v) is 9.47. The van der Waals surface area contributed by atoms with Crippen LogP contribution in [0.25, 0.3) is 11.4 Å². The van der Waals surface area contributed by atoms with Crippen molar-refractivity contribution in [1.29, 1.82) is 0 Å². The van der Waals surface area contributed by atoms with Gasteiger partial charge in [0.25, 0.3) is 0 Å². The first kappa shape index (κ1) is 17.7. The van der Waals surface area contributed by atoms with E-state index in [0.29, 0.717) is 5.92 Å². The fourth-order valence-corrected chi connectivity index (χ4v) is 3.60. The molecular weight excluding hydrogens is 333 g/mol. The van der Waals surface area contributed by atoms with Crippen LogP contribution in [0, 0.1) is 5.82 Å². The topological polar surface area (TPSA) is 30.7 Å².